The number of hydrogen-bond donors (Lipinski definition) is 21. The van der Waals surface area contributed by atoms with Crippen LogP contribution >= 0.6 is 0 Å². The van der Waals surface area contributed by atoms with Gasteiger partial charge in [0.05, 0.1) is 58.9 Å². The van der Waals surface area contributed by atoms with Gasteiger partial charge in [-0.3, -0.25) is 14.4 Å². The van der Waals surface area contributed by atoms with E-state index < -0.39 is 255 Å². The standard InChI is InChI=1S/C44H75N3O33/c1-12(56)46-21-27(62)23(58)15(4-49)70-39(21)79-37-25(60)17(6-51)73-44(32(37)67)80-38-26(61)18(7-52)72-43(33(38)68)78-36-22(47-13(2)57)40(71-16(5-50)24(36)59)76-34-20(9-54)75-42(31(66)29(34)64)77-35-19(8-53)74-41(30(65)28(35)63)69-10-14(3-48)45-11-55/h11,14-44,48-54,58-68H,3-10H2,1-2H3,(H,45,55)(H,46,56)(H,47,57)/t14-,15-,16-,17-,18-,19-,20-,21-,22-,23+,24+,25+,26+,27-,28-,29-,30-,31-,32-,33-,34+,35-,36-,37+,38+,39+,40+,41-,42+,43+,44-/m1/s1. The number of aliphatic hydroxyl groups is 18. The predicted molar refractivity (Wildman–Crippen MR) is 246 cm³/mol. The molecule has 0 aromatic carbocycles. The van der Waals surface area contributed by atoms with Crippen molar-refractivity contribution in [2.24, 2.45) is 0 Å². The smallest absolute Gasteiger partial charge is 0.217 e. The molecular formula is C44H75N3O33. The van der Waals surface area contributed by atoms with Crippen LogP contribution in [-0.4, -0.2) is 353 Å². The van der Waals surface area contributed by atoms with E-state index in [9.17, 15) is 106 Å². The molecule has 21 N–H and O–H groups in total. The van der Waals surface area contributed by atoms with Crippen LogP contribution in [0.1, 0.15) is 13.8 Å². The molecule has 6 aliphatic heterocycles. The zero-order chi connectivity index (χ0) is 59.0. The van der Waals surface area contributed by atoms with Gasteiger partial charge in [0, 0.05) is 13.8 Å². The van der Waals surface area contributed by atoms with Crippen LogP contribution in [0.2, 0.25) is 0 Å². The molecule has 3 amide bonds. The first-order chi connectivity index (χ1) is 38.0. The lowest BCUT2D eigenvalue weighted by atomic mass is 9.94. The fourth-order valence-electron chi connectivity index (χ4n) is 9.90. The van der Waals surface area contributed by atoms with Crippen LogP contribution in [0.3, 0.4) is 0 Å². The molecule has 0 unspecified atom stereocenters. The molecule has 0 saturated carbocycles. The van der Waals surface area contributed by atoms with Crippen LogP contribution in [0.25, 0.3) is 0 Å². The summed E-state index contributed by atoms with van der Waals surface area (Å²) in [7, 11) is 0. The van der Waals surface area contributed by atoms with Crippen LogP contribution in [0.4, 0.5) is 0 Å². The van der Waals surface area contributed by atoms with Gasteiger partial charge in [0.15, 0.2) is 37.7 Å². The Hall–Kier alpha value is -2.79. The molecule has 0 aliphatic carbocycles. The third kappa shape index (κ3) is 14.8. The van der Waals surface area contributed by atoms with Gasteiger partial charge in [0.2, 0.25) is 18.2 Å². The van der Waals surface area contributed by atoms with Crippen LogP contribution in [-0.2, 0) is 71.2 Å². The molecule has 0 bridgehead atoms. The first-order valence-corrected chi connectivity index (χ1v) is 25.3. The van der Waals surface area contributed by atoms with E-state index in [1.165, 1.54) is 0 Å². The van der Waals surface area contributed by atoms with Crippen molar-refractivity contribution in [3.63, 3.8) is 0 Å². The Kier molecular flexibility index (Phi) is 24.7. The Morgan fingerprint density at radius 1 is 0.400 bits per heavy atom. The number of aliphatic hydroxyl groups excluding tert-OH is 18. The minimum atomic E-state index is -2.28. The number of rotatable bonds is 24. The molecule has 36 heteroatoms. The van der Waals surface area contributed by atoms with Crippen molar-refractivity contribution in [3.05, 3.63) is 0 Å². The number of hydrogen-bond acceptors (Lipinski definition) is 33. The highest BCUT2D eigenvalue weighted by molar-refractivity contribution is 5.73. The number of carbonyl (C=O) groups excluding carboxylic acids is 3. The third-order valence-electron chi connectivity index (χ3n) is 14.2. The molecule has 0 radical (unpaired) electrons. The summed E-state index contributed by atoms with van der Waals surface area (Å²) in [4.78, 5) is 35.7. The molecule has 80 heavy (non-hydrogen) atoms. The van der Waals surface area contributed by atoms with E-state index in [0.29, 0.717) is 0 Å². The van der Waals surface area contributed by atoms with Gasteiger partial charge in [0.1, 0.15) is 146 Å². The van der Waals surface area contributed by atoms with Crippen molar-refractivity contribution >= 4 is 18.2 Å². The quantitative estimate of drug-likeness (QED) is 0.0399. The molecule has 0 spiro atoms. The lowest BCUT2D eigenvalue weighted by Gasteiger charge is -2.51. The number of carbonyl (C=O) groups is 3. The van der Waals surface area contributed by atoms with E-state index in [0.717, 1.165) is 13.8 Å². The minimum Gasteiger partial charge on any atom is -0.394 e. The molecule has 36 nitrogen and oxygen atoms in total. The highest BCUT2D eigenvalue weighted by Gasteiger charge is 2.58. The predicted octanol–water partition coefficient (Wildman–Crippen LogP) is -14.7. The normalized spacial score (nSPS) is 46.8. The summed E-state index contributed by atoms with van der Waals surface area (Å²) < 4.78 is 68.7. The fraction of sp³-hybridized carbons (Fsp3) is 0.932. The molecular weight excluding hydrogens is 1100 g/mol. The maximum absolute atomic E-state index is 12.8. The second-order valence-corrected chi connectivity index (χ2v) is 19.7. The minimum absolute atomic E-state index is 0.277. The van der Waals surface area contributed by atoms with E-state index in [-0.39, 0.29) is 6.41 Å². The second kappa shape index (κ2) is 29.8. The van der Waals surface area contributed by atoms with Gasteiger partial charge in [0.25, 0.3) is 0 Å². The number of ether oxygens (including phenoxy) is 12. The van der Waals surface area contributed by atoms with Crippen LogP contribution < -0.4 is 16.0 Å². The summed E-state index contributed by atoms with van der Waals surface area (Å²) >= 11 is 0. The first-order valence-electron chi connectivity index (χ1n) is 25.3. The number of nitrogens with one attached hydrogen (secondary N) is 3. The van der Waals surface area contributed by atoms with E-state index in [4.69, 9.17) is 56.8 Å². The highest BCUT2D eigenvalue weighted by atomic mass is 16.8. The van der Waals surface area contributed by atoms with Crippen molar-refractivity contribution in [3.8, 4) is 0 Å². The molecule has 6 saturated heterocycles. The topological polar surface area (TPSA) is 562 Å². The van der Waals surface area contributed by atoms with Gasteiger partial charge >= 0.3 is 0 Å². The molecule has 0 aromatic heterocycles. The van der Waals surface area contributed by atoms with Crippen molar-refractivity contribution < 1.29 is 163 Å². The lowest BCUT2D eigenvalue weighted by Crippen LogP contribution is -2.70. The van der Waals surface area contributed by atoms with Crippen LogP contribution in [0.15, 0.2) is 0 Å². The Morgan fingerprint density at radius 3 is 1.19 bits per heavy atom. The Morgan fingerprint density at radius 2 is 0.738 bits per heavy atom. The van der Waals surface area contributed by atoms with Gasteiger partial charge in [-0.05, 0) is 0 Å². The van der Waals surface area contributed by atoms with Crippen molar-refractivity contribution in [1.29, 1.82) is 0 Å². The summed E-state index contributed by atoms with van der Waals surface area (Å²) in [6.07, 6.45) is -53.6. The Bertz CT molecular complexity index is 1920. The summed E-state index contributed by atoms with van der Waals surface area (Å²) in [5.74, 6) is -1.65. The SMILES string of the molecule is CC(=O)N[C@H]1[C@H](O[C@H]2[C@@H](O)[C@@H](CO)O[C@H](O[C@H]3[C@@H](O)[C@@H](CO)O[C@@H](O[C@H]4[C@@H](O)[C@@H](CO)O[C@@H](O[C@@H]5[C@H](O)[C@@H](O)[C@H](O[C@H]6[C@H](O)[C@@H](O)[C@H](OC[C@@H](CO)NC=O)O[C@@H]6CO)O[C@@H]5CO)[C@@H]4NC(C)=O)[C@@H]3O)[C@@H]2O)O[C@H](CO)[C@H](O)[C@@H]1O. The van der Waals surface area contributed by atoms with Crippen LogP contribution in [0.5, 0.6) is 0 Å². The van der Waals surface area contributed by atoms with Gasteiger partial charge in [-0.15, -0.1) is 0 Å². The molecule has 0 aromatic rings. The molecule has 31 atom stereocenters. The lowest BCUT2D eigenvalue weighted by molar-refractivity contribution is -0.389. The summed E-state index contributed by atoms with van der Waals surface area (Å²) in [5, 5.41) is 201. The monoisotopic (exact) mass is 1170 g/mol. The summed E-state index contributed by atoms with van der Waals surface area (Å²) in [6.45, 7) is -4.95. The first kappa shape index (κ1) is 66.4. The van der Waals surface area contributed by atoms with E-state index in [1.807, 2.05) is 0 Å². The maximum Gasteiger partial charge on any atom is 0.217 e. The maximum atomic E-state index is 12.8. The van der Waals surface area contributed by atoms with E-state index >= 15 is 0 Å². The van der Waals surface area contributed by atoms with Crippen molar-refractivity contribution in [2.75, 3.05) is 52.9 Å². The molecule has 6 aliphatic rings. The largest absolute Gasteiger partial charge is 0.394 e. The van der Waals surface area contributed by atoms with Crippen molar-refractivity contribution in [2.45, 2.75) is 204 Å². The van der Waals surface area contributed by atoms with E-state index in [1.54, 1.807) is 0 Å². The van der Waals surface area contributed by atoms with Gasteiger partial charge < -0.3 is 165 Å². The highest BCUT2D eigenvalue weighted by Crippen LogP contribution is 2.37. The molecule has 6 heterocycles. The molecule has 464 valence electrons. The average Bonchev–Trinajstić information content (AvgIpc) is 3.56. The third-order valence-corrected chi connectivity index (χ3v) is 14.2. The van der Waals surface area contributed by atoms with Gasteiger partial charge in [-0.2, -0.15) is 0 Å². The summed E-state index contributed by atoms with van der Waals surface area (Å²) in [6, 6.07) is -4.37. The second-order valence-electron chi connectivity index (χ2n) is 19.7. The fourth-order valence-corrected chi connectivity index (χ4v) is 9.90. The Balaban J connectivity index is 1.20. The number of amides is 3. The zero-order valence-electron chi connectivity index (χ0n) is 42.8. The zero-order valence-corrected chi connectivity index (χ0v) is 42.8. The summed E-state index contributed by atoms with van der Waals surface area (Å²) in [5.41, 5.74) is 0. The van der Waals surface area contributed by atoms with E-state index in [2.05, 4.69) is 16.0 Å². The van der Waals surface area contributed by atoms with Crippen molar-refractivity contribution in [1.82, 2.24) is 16.0 Å². The Labute approximate surface area is 453 Å². The van der Waals surface area contributed by atoms with Crippen LogP contribution in [0, 0.1) is 0 Å². The average molecular weight is 1170 g/mol. The molecule has 6 rings (SSSR count). The van der Waals surface area contributed by atoms with Gasteiger partial charge in [-0.1, -0.05) is 0 Å². The molecule has 6 fully saturated rings. The van der Waals surface area contributed by atoms with Gasteiger partial charge in [-0.25, -0.2) is 0 Å².